The van der Waals surface area contributed by atoms with Crippen LogP contribution < -0.4 is 0 Å². The molecule has 36 heavy (non-hydrogen) atoms. The number of benzene rings is 2. The molecule has 0 atom stereocenters. The highest BCUT2D eigenvalue weighted by Gasteiger charge is 2.15. The van der Waals surface area contributed by atoms with Crippen molar-refractivity contribution in [2.45, 2.75) is 0 Å². The molecule has 4 nitrogen and oxygen atoms in total. The lowest BCUT2D eigenvalue weighted by Crippen LogP contribution is -1.94. The first-order chi connectivity index (χ1) is 17.9. The molecule has 0 fully saturated rings. The molecule has 0 radical (unpaired) electrons. The van der Waals surface area contributed by atoms with Crippen molar-refractivity contribution in [2.75, 3.05) is 0 Å². The molecule has 4 heterocycles. The topological polar surface area (TPSA) is 51.6 Å². The first-order valence-corrected chi connectivity index (χ1v) is 11.7. The fraction of sp³-hybridized carbons (Fsp3) is 0. The summed E-state index contributed by atoms with van der Waals surface area (Å²) in [5.41, 5.74) is 8.22. The molecule has 0 aliphatic carbocycles. The van der Waals surface area contributed by atoms with E-state index < -0.39 is 0 Å². The van der Waals surface area contributed by atoms with E-state index in [-0.39, 0.29) is 0 Å². The van der Waals surface area contributed by atoms with E-state index in [4.69, 9.17) is 0 Å². The summed E-state index contributed by atoms with van der Waals surface area (Å²) in [6.45, 7) is 0. The van der Waals surface area contributed by atoms with Crippen LogP contribution in [0.15, 0.2) is 146 Å². The summed E-state index contributed by atoms with van der Waals surface area (Å²) in [4.78, 5) is 17.5. The maximum absolute atomic E-state index is 4.65. The summed E-state index contributed by atoms with van der Waals surface area (Å²) in [7, 11) is 0. The predicted molar refractivity (Wildman–Crippen MR) is 146 cm³/mol. The SMILES string of the molecule is c1ccc(-c2ccccn2)nc1.c1ccc(-c2ccnc(-c3ccccn3)c2-c2ccccc2)cc1. The van der Waals surface area contributed by atoms with Gasteiger partial charge in [-0.05, 0) is 59.2 Å². The van der Waals surface area contributed by atoms with Crippen LogP contribution in [0.25, 0.3) is 45.0 Å². The van der Waals surface area contributed by atoms with Crippen LogP contribution in [0.5, 0.6) is 0 Å². The highest BCUT2D eigenvalue weighted by atomic mass is 14.8. The fourth-order valence-electron chi connectivity index (χ4n) is 3.94. The Morgan fingerprint density at radius 3 is 1.31 bits per heavy atom. The minimum absolute atomic E-state index is 0.883. The van der Waals surface area contributed by atoms with Gasteiger partial charge in [-0.2, -0.15) is 0 Å². The van der Waals surface area contributed by atoms with E-state index in [1.54, 1.807) is 18.6 Å². The normalized spacial score (nSPS) is 10.2. The lowest BCUT2D eigenvalue weighted by atomic mass is 9.92. The van der Waals surface area contributed by atoms with Gasteiger partial charge in [-0.1, -0.05) is 78.9 Å². The Labute approximate surface area is 211 Å². The van der Waals surface area contributed by atoms with E-state index in [9.17, 15) is 0 Å². The van der Waals surface area contributed by atoms with Crippen molar-refractivity contribution in [2.24, 2.45) is 0 Å². The number of pyridine rings is 4. The maximum atomic E-state index is 4.65. The highest BCUT2D eigenvalue weighted by molar-refractivity contribution is 5.91. The number of hydrogen-bond donors (Lipinski definition) is 0. The van der Waals surface area contributed by atoms with Crippen molar-refractivity contribution in [3.8, 4) is 45.0 Å². The van der Waals surface area contributed by atoms with Crippen LogP contribution in [0.2, 0.25) is 0 Å². The Morgan fingerprint density at radius 1 is 0.333 bits per heavy atom. The summed E-state index contributed by atoms with van der Waals surface area (Å²) in [6.07, 6.45) is 7.20. The second-order valence-electron chi connectivity index (χ2n) is 7.96. The van der Waals surface area contributed by atoms with Crippen LogP contribution in [-0.2, 0) is 0 Å². The van der Waals surface area contributed by atoms with Crippen molar-refractivity contribution in [1.29, 1.82) is 0 Å². The lowest BCUT2D eigenvalue weighted by molar-refractivity contribution is 1.25. The van der Waals surface area contributed by atoms with Crippen LogP contribution in [-0.4, -0.2) is 19.9 Å². The van der Waals surface area contributed by atoms with E-state index in [0.717, 1.165) is 39.5 Å². The monoisotopic (exact) mass is 464 g/mol. The molecule has 0 N–H and O–H groups in total. The number of nitrogens with zero attached hydrogens (tertiary/aromatic N) is 4. The molecule has 0 spiro atoms. The molecule has 172 valence electrons. The average Bonchev–Trinajstić information content (AvgIpc) is 2.99. The first kappa shape index (κ1) is 22.8. The zero-order valence-electron chi connectivity index (χ0n) is 19.6. The van der Waals surface area contributed by atoms with E-state index >= 15 is 0 Å². The van der Waals surface area contributed by atoms with Crippen molar-refractivity contribution in [1.82, 2.24) is 19.9 Å². The van der Waals surface area contributed by atoms with Crippen LogP contribution >= 0.6 is 0 Å². The number of rotatable bonds is 4. The van der Waals surface area contributed by atoms with Gasteiger partial charge in [0.15, 0.2) is 0 Å². The molecule has 6 aromatic rings. The van der Waals surface area contributed by atoms with E-state index in [1.807, 2.05) is 72.9 Å². The van der Waals surface area contributed by atoms with Crippen molar-refractivity contribution in [3.05, 3.63) is 146 Å². The summed E-state index contributed by atoms with van der Waals surface area (Å²) >= 11 is 0. The molecular formula is C32H24N4. The molecule has 0 unspecified atom stereocenters. The molecule has 4 heteroatoms. The van der Waals surface area contributed by atoms with Crippen molar-refractivity contribution in [3.63, 3.8) is 0 Å². The molecule has 0 amide bonds. The Balaban J connectivity index is 0.000000186. The number of aromatic nitrogens is 4. The largest absolute Gasteiger partial charge is 0.255 e. The predicted octanol–water partition coefficient (Wildman–Crippen LogP) is 7.62. The third kappa shape index (κ3) is 5.40. The second-order valence-corrected chi connectivity index (χ2v) is 7.96. The summed E-state index contributed by atoms with van der Waals surface area (Å²) in [6, 6.07) is 40.4. The molecule has 2 aromatic carbocycles. The standard InChI is InChI=1S/C22H16N2.C10H8N2/c1-3-9-17(10-4-1)19-14-16-24-22(20-13-7-8-15-23-20)21(19)18-11-5-2-6-12-18;1-3-7-11-9(5-1)10-6-2-4-8-12-10/h1-16H;1-8H. The quantitative estimate of drug-likeness (QED) is 0.269. The van der Waals surface area contributed by atoms with Gasteiger partial charge in [-0.3, -0.25) is 19.9 Å². The average molecular weight is 465 g/mol. The minimum Gasteiger partial charge on any atom is -0.255 e. The van der Waals surface area contributed by atoms with E-state index in [2.05, 4.69) is 74.5 Å². The number of hydrogen-bond acceptors (Lipinski definition) is 4. The summed E-state index contributed by atoms with van der Waals surface area (Å²) < 4.78 is 0. The van der Waals surface area contributed by atoms with Gasteiger partial charge >= 0.3 is 0 Å². The third-order valence-corrected chi connectivity index (χ3v) is 5.60. The fourth-order valence-corrected chi connectivity index (χ4v) is 3.94. The first-order valence-electron chi connectivity index (χ1n) is 11.7. The van der Waals surface area contributed by atoms with Gasteiger partial charge in [0.05, 0.1) is 22.8 Å². The van der Waals surface area contributed by atoms with E-state index in [1.165, 1.54) is 5.56 Å². The Bertz CT molecular complexity index is 1390. The van der Waals surface area contributed by atoms with Crippen molar-refractivity contribution < 1.29 is 0 Å². The third-order valence-electron chi connectivity index (χ3n) is 5.60. The molecule has 0 saturated heterocycles. The van der Waals surface area contributed by atoms with Crippen LogP contribution in [0.4, 0.5) is 0 Å². The van der Waals surface area contributed by atoms with Gasteiger partial charge in [-0.25, -0.2) is 0 Å². The van der Waals surface area contributed by atoms with Crippen molar-refractivity contribution >= 4 is 0 Å². The molecule has 0 aliphatic heterocycles. The smallest absolute Gasteiger partial charge is 0.0970 e. The minimum atomic E-state index is 0.883. The zero-order valence-corrected chi connectivity index (χ0v) is 19.6. The molecule has 4 aromatic heterocycles. The molecule has 0 aliphatic rings. The molecule has 0 saturated carbocycles. The summed E-state index contributed by atoms with van der Waals surface area (Å²) in [5.74, 6) is 0. The molecule has 0 bridgehead atoms. The van der Waals surface area contributed by atoms with Gasteiger partial charge in [0, 0.05) is 30.4 Å². The summed E-state index contributed by atoms with van der Waals surface area (Å²) in [5, 5.41) is 0. The Kier molecular flexibility index (Phi) is 7.26. The van der Waals surface area contributed by atoms with Crippen LogP contribution in [0, 0.1) is 0 Å². The van der Waals surface area contributed by atoms with Gasteiger partial charge in [0.1, 0.15) is 0 Å². The molecule has 6 rings (SSSR count). The van der Waals surface area contributed by atoms with Gasteiger partial charge < -0.3 is 0 Å². The van der Waals surface area contributed by atoms with Gasteiger partial charge in [0.2, 0.25) is 0 Å². The zero-order chi connectivity index (χ0) is 24.4. The Hall–Kier alpha value is -4.96. The highest BCUT2D eigenvalue weighted by Crippen LogP contribution is 2.37. The lowest BCUT2D eigenvalue weighted by Gasteiger charge is -2.14. The van der Waals surface area contributed by atoms with Crippen LogP contribution in [0.1, 0.15) is 0 Å². The molecular weight excluding hydrogens is 440 g/mol. The Morgan fingerprint density at radius 2 is 0.806 bits per heavy atom. The van der Waals surface area contributed by atoms with E-state index in [0.29, 0.717) is 0 Å². The second kappa shape index (κ2) is 11.4. The van der Waals surface area contributed by atoms with Gasteiger partial charge in [-0.15, -0.1) is 0 Å². The van der Waals surface area contributed by atoms with Gasteiger partial charge in [0.25, 0.3) is 0 Å². The maximum Gasteiger partial charge on any atom is 0.0970 e. The van der Waals surface area contributed by atoms with Crippen LogP contribution in [0.3, 0.4) is 0 Å².